The molecule has 1 atom stereocenters. The van der Waals surface area contributed by atoms with E-state index < -0.39 is 17.3 Å². The van der Waals surface area contributed by atoms with Crippen molar-refractivity contribution < 1.29 is 13.2 Å². The number of pyridine rings is 1. The molecule has 3 aromatic rings. The van der Waals surface area contributed by atoms with E-state index in [4.69, 9.17) is 0 Å². The second-order valence-electron chi connectivity index (χ2n) is 6.89. The maximum absolute atomic E-state index is 13.4. The fraction of sp³-hybridized carbons (Fsp3) is 0.286. The molecule has 0 radical (unpaired) electrons. The summed E-state index contributed by atoms with van der Waals surface area (Å²) in [5.41, 5.74) is -0.660. The Labute approximate surface area is 164 Å². The minimum Gasteiger partial charge on any atom is -0.368 e. The molecule has 1 aromatic heterocycles. The number of thioether (sulfide) groups is 1. The summed E-state index contributed by atoms with van der Waals surface area (Å²) in [6, 6.07) is 15.9. The maximum atomic E-state index is 13.4. The van der Waals surface area contributed by atoms with Gasteiger partial charge in [-0.05, 0) is 43.2 Å². The lowest BCUT2D eigenvalue weighted by atomic mass is 10.1. The number of nitrogens with one attached hydrogen (secondary N) is 1. The van der Waals surface area contributed by atoms with Gasteiger partial charge in [0.1, 0.15) is 0 Å². The SMILES string of the molecule is O=c1cc(C(F)(F)F)c2cc(N3CCCC3CSc3ccccc3)ccc2[nH]1. The highest BCUT2D eigenvalue weighted by Crippen LogP contribution is 2.36. The van der Waals surface area contributed by atoms with Crippen LogP contribution in [0.3, 0.4) is 0 Å². The monoisotopic (exact) mass is 404 g/mol. The van der Waals surface area contributed by atoms with Gasteiger partial charge in [-0.3, -0.25) is 4.79 Å². The second kappa shape index (κ2) is 7.54. The molecular formula is C21H19F3N2OS. The quantitative estimate of drug-likeness (QED) is 0.599. The van der Waals surface area contributed by atoms with Crippen molar-refractivity contribution in [2.75, 3.05) is 17.2 Å². The number of anilines is 1. The molecule has 7 heteroatoms. The highest BCUT2D eigenvalue weighted by Gasteiger charge is 2.34. The van der Waals surface area contributed by atoms with Gasteiger partial charge >= 0.3 is 6.18 Å². The zero-order chi connectivity index (χ0) is 19.7. The number of aromatic amines is 1. The van der Waals surface area contributed by atoms with E-state index in [2.05, 4.69) is 22.0 Å². The third-order valence-electron chi connectivity index (χ3n) is 5.03. The molecule has 0 bridgehead atoms. The van der Waals surface area contributed by atoms with Gasteiger partial charge in [-0.2, -0.15) is 13.2 Å². The number of aromatic nitrogens is 1. The van der Waals surface area contributed by atoms with Crippen LogP contribution in [0.25, 0.3) is 10.9 Å². The van der Waals surface area contributed by atoms with E-state index in [9.17, 15) is 18.0 Å². The topological polar surface area (TPSA) is 36.1 Å². The predicted molar refractivity (Wildman–Crippen MR) is 107 cm³/mol. The van der Waals surface area contributed by atoms with Gasteiger partial charge in [0, 0.05) is 45.9 Å². The van der Waals surface area contributed by atoms with Crippen LogP contribution < -0.4 is 10.5 Å². The molecule has 0 spiro atoms. The molecule has 0 aliphatic carbocycles. The third-order valence-corrected chi connectivity index (χ3v) is 6.18. The van der Waals surface area contributed by atoms with Crippen LogP contribution in [-0.4, -0.2) is 23.3 Å². The fourth-order valence-corrected chi connectivity index (χ4v) is 4.79. The van der Waals surface area contributed by atoms with Crippen molar-refractivity contribution >= 4 is 28.4 Å². The first kappa shape index (κ1) is 18.9. The average Bonchev–Trinajstić information content (AvgIpc) is 3.14. The lowest BCUT2D eigenvalue weighted by molar-refractivity contribution is -0.136. The normalized spacial score (nSPS) is 17.4. The zero-order valence-corrected chi connectivity index (χ0v) is 15.8. The summed E-state index contributed by atoms with van der Waals surface area (Å²) < 4.78 is 40.3. The molecule has 28 heavy (non-hydrogen) atoms. The molecule has 2 aromatic carbocycles. The largest absolute Gasteiger partial charge is 0.417 e. The van der Waals surface area contributed by atoms with Crippen LogP contribution in [0.5, 0.6) is 0 Å². The van der Waals surface area contributed by atoms with E-state index in [0.717, 1.165) is 30.8 Å². The van der Waals surface area contributed by atoms with Crippen LogP contribution in [-0.2, 0) is 6.18 Å². The first-order valence-corrected chi connectivity index (χ1v) is 10.1. The van der Waals surface area contributed by atoms with Crippen LogP contribution in [0.2, 0.25) is 0 Å². The van der Waals surface area contributed by atoms with Gasteiger partial charge in [0.25, 0.3) is 0 Å². The Morgan fingerprint density at radius 3 is 2.64 bits per heavy atom. The summed E-state index contributed by atoms with van der Waals surface area (Å²) >= 11 is 1.76. The van der Waals surface area contributed by atoms with Gasteiger partial charge in [-0.15, -0.1) is 11.8 Å². The number of hydrogen-bond acceptors (Lipinski definition) is 3. The number of benzene rings is 2. The number of alkyl halides is 3. The second-order valence-corrected chi connectivity index (χ2v) is 7.98. The van der Waals surface area contributed by atoms with Crippen molar-refractivity contribution in [1.82, 2.24) is 4.98 Å². The molecule has 146 valence electrons. The van der Waals surface area contributed by atoms with Gasteiger partial charge in [0.15, 0.2) is 0 Å². The smallest absolute Gasteiger partial charge is 0.368 e. The van der Waals surface area contributed by atoms with Crippen molar-refractivity contribution in [3.63, 3.8) is 0 Å². The van der Waals surface area contributed by atoms with E-state index >= 15 is 0 Å². The number of rotatable bonds is 4. The average molecular weight is 404 g/mol. The minimum atomic E-state index is -4.57. The molecule has 1 aliphatic rings. The molecule has 1 aliphatic heterocycles. The van der Waals surface area contributed by atoms with E-state index in [1.807, 2.05) is 18.2 Å². The van der Waals surface area contributed by atoms with E-state index in [1.54, 1.807) is 30.0 Å². The molecule has 4 rings (SSSR count). The molecule has 2 heterocycles. The summed E-state index contributed by atoms with van der Waals surface area (Å²) in [5, 5.41) is 0.0333. The number of fused-ring (bicyclic) bond motifs is 1. The molecule has 1 saturated heterocycles. The van der Waals surface area contributed by atoms with Gasteiger partial charge in [-0.1, -0.05) is 18.2 Å². The van der Waals surface area contributed by atoms with E-state index in [1.165, 1.54) is 4.90 Å². The Balaban J connectivity index is 1.64. The highest BCUT2D eigenvalue weighted by atomic mass is 32.2. The molecule has 0 amide bonds. The number of nitrogens with zero attached hydrogens (tertiary/aromatic N) is 1. The number of H-pyrrole nitrogens is 1. The molecular weight excluding hydrogens is 385 g/mol. The highest BCUT2D eigenvalue weighted by molar-refractivity contribution is 7.99. The summed E-state index contributed by atoms with van der Waals surface area (Å²) in [6.07, 6.45) is -2.55. The molecule has 1 fully saturated rings. The van der Waals surface area contributed by atoms with Crippen molar-refractivity contribution in [2.24, 2.45) is 0 Å². The zero-order valence-electron chi connectivity index (χ0n) is 15.0. The van der Waals surface area contributed by atoms with Crippen LogP contribution in [0.15, 0.2) is 64.3 Å². The maximum Gasteiger partial charge on any atom is 0.417 e. The number of hydrogen-bond donors (Lipinski definition) is 1. The third kappa shape index (κ3) is 3.90. The summed E-state index contributed by atoms with van der Waals surface area (Å²) in [6.45, 7) is 0.816. The van der Waals surface area contributed by atoms with E-state index in [-0.39, 0.29) is 16.9 Å². The van der Waals surface area contributed by atoms with Crippen LogP contribution in [0, 0.1) is 0 Å². The Hall–Kier alpha value is -2.41. The fourth-order valence-electron chi connectivity index (χ4n) is 3.71. The molecule has 3 nitrogen and oxygen atoms in total. The van der Waals surface area contributed by atoms with Crippen LogP contribution in [0.4, 0.5) is 18.9 Å². The van der Waals surface area contributed by atoms with Gasteiger partial charge in [0.05, 0.1) is 5.56 Å². The first-order valence-electron chi connectivity index (χ1n) is 9.10. The summed E-state index contributed by atoms with van der Waals surface area (Å²) in [7, 11) is 0. The van der Waals surface area contributed by atoms with Crippen LogP contribution >= 0.6 is 11.8 Å². The van der Waals surface area contributed by atoms with Gasteiger partial charge in [-0.25, -0.2) is 0 Å². The van der Waals surface area contributed by atoms with Crippen molar-refractivity contribution in [3.05, 3.63) is 70.5 Å². The first-order chi connectivity index (χ1) is 13.4. The summed E-state index contributed by atoms with van der Waals surface area (Å²) in [5.74, 6) is 0.875. The lowest BCUT2D eigenvalue weighted by Crippen LogP contribution is -2.31. The molecule has 1 N–H and O–H groups in total. The van der Waals surface area contributed by atoms with Gasteiger partial charge < -0.3 is 9.88 Å². The molecule has 0 saturated carbocycles. The van der Waals surface area contributed by atoms with Crippen molar-refractivity contribution in [3.8, 4) is 0 Å². The lowest BCUT2D eigenvalue weighted by Gasteiger charge is -2.27. The van der Waals surface area contributed by atoms with Crippen LogP contribution in [0.1, 0.15) is 18.4 Å². The minimum absolute atomic E-state index is 0.0333. The Morgan fingerprint density at radius 1 is 1.11 bits per heavy atom. The Kier molecular flexibility index (Phi) is 5.10. The molecule has 1 unspecified atom stereocenters. The van der Waals surface area contributed by atoms with Crippen molar-refractivity contribution in [1.29, 1.82) is 0 Å². The summed E-state index contributed by atoms with van der Waals surface area (Å²) in [4.78, 5) is 17.5. The van der Waals surface area contributed by atoms with Crippen molar-refractivity contribution in [2.45, 2.75) is 30.0 Å². The number of halogens is 3. The van der Waals surface area contributed by atoms with Gasteiger partial charge in [0.2, 0.25) is 5.56 Å². The Bertz CT molecular complexity index is 1030. The Morgan fingerprint density at radius 2 is 1.89 bits per heavy atom. The predicted octanol–water partition coefficient (Wildman–Crippen LogP) is 5.31. The standard InChI is InChI=1S/C21H19F3N2OS/c22-21(23,24)18-12-20(27)25-19-9-8-14(11-17(18)19)26-10-4-5-15(26)13-28-16-6-2-1-3-7-16/h1-3,6-9,11-12,15H,4-5,10,13H2,(H,25,27). The van der Waals surface area contributed by atoms with E-state index in [0.29, 0.717) is 6.07 Å².